The van der Waals surface area contributed by atoms with E-state index in [2.05, 4.69) is 5.32 Å². The van der Waals surface area contributed by atoms with E-state index in [-0.39, 0.29) is 18.1 Å². The second-order valence-electron chi connectivity index (χ2n) is 5.02. The predicted octanol–water partition coefficient (Wildman–Crippen LogP) is 1.59. The van der Waals surface area contributed by atoms with Gasteiger partial charge in [-0.1, -0.05) is 6.92 Å². The molecule has 3 N–H and O–H groups in total. The standard InChI is InChI=1S/C15H20N4O2/c1-3-6-18-7-8-19(15(18)21)10-14(20)17-13-5-4-12(16)9-11(13)2/h4-5,7-9H,3,6,10,16H2,1-2H3,(H,17,20). The predicted molar refractivity (Wildman–Crippen MR) is 83.2 cm³/mol. The van der Waals surface area contributed by atoms with Crippen molar-refractivity contribution >= 4 is 17.3 Å². The highest BCUT2D eigenvalue weighted by molar-refractivity contribution is 5.91. The van der Waals surface area contributed by atoms with Crippen molar-refractivity contribution in [3.63, 3.8) is 0 Å². The highest BCUT2D eigenvalue weighted by atomic mass is 16.2. The lowest BCUT2D eigenvalue weighted by Crippen LogP contribution is -2.29. The summed E-state index contributed by atoms with van der Waals surface area (Å²) in [5.41, 5.74) is 7.75. The van der Waals surface area contributed by atoms with Crippen LogP contribution in [0.25, 0.3) is 0 Å². The number of anilines is 2. The van der Waals surface area contributed by atoms with Crippen LogP contribution in [-0.4, -0.2) is 15.0 Å². The maximum atomic E-state index is 12.0. The number of hydrogen-bond donors (Lipinski definition) is 2. The lowest BCUT2D eigenvalue weighted by atomic mass is 10.2. The number of carbonyl (C=O) groups is 1. The number of aromatic nitrogens is 2. The number of hydrogen-bond acceptors (Lipinski definition) is 3. The molecule has 112 valence electrons. The molecule has 0 radical (unpaired) electrons. The van der Waals surface area contributed by atoms with Gasteiger partial charge in [-0.3, -0.25) is 13.9 Å². The first kappa shape index (κ1) is 14.9. The molecular formula is C15H20N4O2. The minimum absolute atomic E-state index is 0.000631. The number of imidazole rings is 1. The minimum atomic E-state index is -0.237. The smallest absolute Gasteiger partial charge is 0.328 e. The van der Waals surface area contributed by atoms with Crippen LogP contribution in [0.1, 0.15) is 18.9 Å². The van der Waals surface area contributed by atoms with Gasteiger partial charge in [-0.2, -0.15) is 0 Å². The van der Waals surface area contributed by atoms with E-state index in [0.29, 0.717) is 17.9 Å². The lowest BCUT2D eigenvalue weighted by Gasteiger charge is -2.09. The second kappa shape index (κ2) is 6.30. The fraction of sp³-hybridized carbons (Fsp3) is 0.333. The number of rotatable bonds is 5. The molecule has 2 rings (SSSR count). The van der Waals surface area contributed by atoms with Crippen molar-refractivity contribution in [2.75, 3.05) is 11.1 Å². The Hall–Kier alpha value is -2.50. The number of nitrogens with zero attached hydrogens (tertiary/aromatic N) is 2. The van der Waals surface area contributed by atoms with Gasteiger partial charge in [-0.05, 0) is 37.1 Å². The zero-order valence-electron chi connectivity index (χ0n) is 12.3. The number of aryl methyl sites for hydroxylation is 2. The third kappa shape index (κ3) is 3.53. The third-order valence-corrected chi connectivity index (χ3v) is 3.22. The van der Waals surface area contributed by atoms with Crippen LogP contribution < -0.4 is 16.7 Å². The van der Waals surface area contributed by atoms with E-state index in [1.807, 2.05) is 13.8 Å². The number of nitrogens with two attached hydrogens (primary N) is 1. The van der Waals surface area contributed by atoms with E-state index in [0.717, 1.165) is 12.0 Å². The Balaban J connectivity index is 2.06. The molecule has 1 aromatic carbocycles. The summed E-state index contributed by atoms with van der Waals surface area (Å²) in [5, 5.41) is 2.79. The first-order chi connectivity index (χ1) is 10.0. The van der Waals surface area contributed by atoms with E-state index in [1.165, 1.54) is 4.57 Å². The average Bonchev–Trinajstić information content (AvgIpc) is 2.75. The molecule has 2 aromatic rings. The van der Waals surface area contributed by atoms with Gasteiger partial charge in [0.2, 0.25) is 5.91 Å². The summed E-state index contributed by atoms with van der Waals surface area (Å²) in [6.07, 6.45) is 4.21. The average molecular weight is 288 g/mol. The van der Waals surface area contributed by atoms with E-state index in [1.54, 1.807) is 35.2 Å². The van der Waals surface area contributed by atoms with Crippen LogP contribution in [0.5, 0.6) is 0 Å². The topological polar surface area (TPSA) is 82.1 Å². The molecule has 0 saturated heterocycles. The van der Waals surface area contributed by atoms with Crippen molar-refractivity contribution in [1.29, 1.82) is 0 Å². The third-order valence-electron chi connectivity index (χ3n) is 3.22. The Morgan fingerprint density at radius 3 is 2.67 bits per heavy atom. The molecule has 0 bridgehead atoms. The summed E-state index contributed by atoms with van der Waals surface area (Å²) in [5.74, 6) is -0.237. The molecular weight excluding hydrogens is 268 g/mol. The van der Waals surface area contributed by atoms with Crippen LogP contribution in [0, 0.1) is 6.92 Å². The first-order valence-electron chi connectivity index (χ1n) is 6.93. The normalized spacial score (nSPS) is 10.6. The van der Waals surface area contributed by atoms with Crippen molar-refractivity contribution in [1.82, 2.24) is 9.13 Å². The van der Waals surface area contributed by atoms with Crippen molar-refractivity contribution < 1.29 is 4.79 Å². The number of benzene rings is 1. The van der Waals surface area contributed by atoms with Gasteiger partial charge in [0.15, 0.2) is 0 Å². The summed E-state index contributed by atoms with van der Waals surface area (Å²) in [6.45, 7) is 4.53. The highest BCUT2D eigenvalue weighted by Crippen LogP contribution is 2.17. The van der Waals surface area contributed by atoms with Gasteiger partial charge in [0.1, 0.15) is 6.54 Å². The van der Waals surface area contributed by atoms with Crippen molar-refractivity contribution in [2.24, 2.45) is 0 Å². The van der Waals surface area contributed by atoms with Crippen LogP contribution in [0.3, 0.4) is 0 Å². The molecule has 0 atom stereocenters. The van der Waals surface area contributed by atoms with Crippen LogP contribution in [0.15, 0.2) is 35.4 Å². The maximum Gasteiger partial charge on any atom is 0.328 e. The van der Waals surface area contributed by atoms with Gasteiger partial charge in [0, 0.05) is 30.3 Å². The van der Waals surface area contributed by atoms with Gasteiger partial charge in [0.05, 0.1) is 0 Å². The van der Waals surface area contributed by atoms with Gasteiger partial charge in [-0.25, -0.2) is 4.79 Å². The van der Waals surface area contributed by atoms with Gasteiger partial charge >= 0.3 is 5.69 Å². The van der Waals surface area contributed by atoms with Crippen LogP contribution in [0.2, 0.25) is 0 Å². The molecule has 0 saturated carbocycles. The fourth-order valence-corrected chi connectivity index (χ4v) is 2.16. The van der Waals surface area contributed by atoms with Gasteiger partial charge < -0.3 is 11.1 Å². The highest BCUT2D eigenvalue weighted by Gasteiger charge is 2.09. The molecule has 1 amide bonds. The number of carbonyl (C=O) groups excluding carboxylic acids is 1. The Morgan fingerprint density at radius 2 is 2.00 bits per heavy atom. The van der Waals surface area contributed by atoms with Crippen molar-refractivity contribution in [3.05, 3.63) is 46.6 Å². The maximum absolute atomic E-state index is 12.0. The van der Waals surface area contributed by atoms with Crippen molar-refractivity contribution in [3.8, 4) is 0 Å². The molecule has 1 heterocycles. The molecule has 0 unspecified atom stereocenters. The molecule has 0 spiro atoms. The van der Waals surface area contributed by atoms with Gasteiger partial charge in [-0.15, -0.1) is 0 Å². The molecule has 0 aliphatic heterocycles. The van der Waals surface area contributed by atoms with E-state index < -0.39 is 0 Å². The minimum Gasteiger partial charge on any atom is -0.399 e. The van der Waals surface area contributed by atoms with Gasteiger partial charge in [0.25, 0.3) is 0 Å². The molecule has 6 heteroatoms. The Bertz CT molecular complexity index is 700. The Labute approximate surface area is 123 Å². The van der Waals surface area contributed by atoms with Crippen LogP contribution in [-0.2, 0) is 17.9 Å². The number of nitrogen functional groups attached to an aromatic ring is 1. The molecule has 1 aromatic heterocycles. The van der Waals surface area contributed by atoms with E-state index in [4.69, 9.17) is 5.73 Å². The van der Waals surface area contributed by atoms with E-state index in [9.17, 15) is 9.59 Å². The Kier molecular flexibility index (Phi) is 4.47. The van der Waals surface area contributed by atoms with Crippen molar-refractivity contribution in [2.45, 2.75) is 33.4 Å². The number of nitrogens with one attached hydrogen (secondary N) is 1. The quantitative estimate of drug-likeness (QED) is 0.820. The zero-order valence-corrected chi connectivity index (χ0v) is 12.3. The molecule has 0 aliphatic carbocycles. The van der Waals surface area contributed by atoms with Crippen LogP contribution >= 0.6 is 0 Å². The molecule has 0 fully saturated rings. The summed E-state index contributed by atoms with van der Waals surface area (Å²) in [7, 11) is 0. The lowest BCUT2D eigenvalue weighted by molar-refractivity contribution is -0.116. The summed E-state index contributed by atoms with van der Waals surface area (Å²) in [4.78, 5) is 24.0. The summed E-state index contributed by atoms with van der Waals surface area (Å²) in [6, 6.07) is 5.28. The summed E-state index contributed by atoms with van der Waals surface area (Å²) < 4.78 is 3.00. The fourth-order valence-electron chi connectivity index (χ4n) is 2.16. The van der Waals surface area contributed by atoms with Crippen LogP contribution in [0.4, 0.5) is 11.4 Å². The second-order valence-corrected chi connectivity index (χ2v) is 5.02. The number of amides is 1. The Morgan fingerprint density at radius 1 is 1.29 bits per heavy atom. The zero-order chi connectivity index (χ0) is 15.4. The molecule has 21 heavy (non-hydrogen) atoms. The van der Waals surface area contributed by atoms with E-state index >= 15 is 0 Å². The monoisotopic (exact) mass is 288 g/mol. The largest absolute Gasteiger partial charge is 0.399 e. The molecule has 6 nitrogen and oxygen atoms in total. The summed E-state index contributed by atoms with van der Waals surface area (Å²) >= 11 is 0. The SMILES string of the molecule is CCCn1ccn(CC(=O)Nc2ccc(N)cc2C)c1=O. The molecule has 0 aliphatic rings. The first-order valence-corrected chi connectivity index (χ1v) is 6.93.